The van der Waals surface area contributed by atoms with Crippen LogP contribution in [0, 0.1) is 0 Å². The van der Waals surface area contributed by atoms with Crippen LogP contribution in [0.2, 0.25) is 0 Å². The third-order valence-electron chi connectivity index (χ3n) is 3.87. The molecule has 2 aromatic carbocycles. The molecule has 0 amide bonds. The average molecular weight is 293 g/mol. The maximum absolute atomic E-state index is 10.5. The monoisotopic (exact) mass is 293 g/mol. The van der Waals surface area contributed by atoms with Gasteiger partial charge in [-0.2, -0.15) is 5.10 Å². The van der Waals surface area contributed by atoms with Gasteiger partial charge >= 0.3 is 0 Å². The van der Waals surface area contributed by atoms with Crippen molar-refractivity contribution in [1.29, 1.82) is 0 Å². The van der Waals surface area contributed by atoms with Gasteiger partial charge in [-0.15, -0.1) is 0 Å². The zero-order chi connectivity index (χ0) is 15.4. The Labute approximate surface area is 130 Å². The second-order valence-corrected chi connectivity index (χ2v) is 5.25. The second kappa shape index (κ2) is 6.54. The summed E-state index contributed by atoms with van der Waals surface area (Å²) in [6.45, 7) is 1.97. The van der Waals surface area contributed by atoms with Crippen molar-refractivity contribution in [3.05, 3.63) is 72.8 Å². The molecule has 0 saturated carbocycles. The Morgan fingerprint density at radius 1 is 1.05 bits per heavy atom. The van der Waals surface area contributed by atoms with Gasteiger partial charge in [-0.3, -0.25) is 0 Å². The van der Waals surface area contributed by atoms with Crippen LogP contribution in [0.25, 0.3) is 11.1 Å². The molecule has 3 rings (SSSR count). The van der Waals surface area contributed by atoms with E-state index in [0.29, 0.717) is 6.42 Å². The summed E-state index contributed by atoms with van der Waals surface area (Å²) >= 11 is 0. The molecule has 1 N–H and O–H groups in total. The number of rotatable bonds is 5. The lowest BCUT2D eigenvalue weighted by Crippen LogP contribution is -2.25. The van der Waals surface area contributed by atoms with Crippen molar-refractivity contribution in [1.82, 2.24) is 14.8 Å². The van der Waals surface area contributed by atoms with Gasteiger partial charge in [-0.1, -0.05) is 61.5 Å². The Kier molecular flexibility index (Phi) is 4.30. The smallest absolute Gasteiger partial charge is 0.137 e. The number of hydrogen-bond donors (Lipinski definition) is 1. The van der Waals surface area contributed by atoms with E-state index in [2.05, 4.69) is 28.3 Å². The molecule has 0 bridgehead atoms. The molecule has 0 spiro atoms. The summed E-state index contributed by atoms with van der Waals surface area (Å²) < 4.78 is 1.73. The Bertz CT molecular complexity index is 710. The van der Waals surface area contributed by atoms with Gasteiger partial charge in [0, 0.05) is 0 Å². The summed E-state index contributed by atoms with van der Waals surface area (Å²) in [7, 11) is 0. The number of nitrogens with zero attached hydrogens (tertiary/aromatic N) is 3. The number of hydrogen-bond acceptors (Lipinski definition) is 3. The molecular weight excluding hydrogens is 274 g/mol. The van der Waals surface area contributed by atoms with E-state index in [4.69, 9.17) is 0 Å². The van der Waals surface area contributed by atoms with Crippen LogP contribution in [-0.4, -0.2) is 26.0 Å². The molecule has 2 atom stereocenters. The molecule has 4 nitrogen and oxygen atoms in total. The molecule has 0 aliphatic carbocycles. The summed E-state index contributed by atoms with van der Waals surface area (Å²) in [4.78, 5) is 4.03. The van der Waals surface area contributed by atoms with E-state index in [1.807, 2.05) is 43.3 Å². The van der Waals surface area contributed by atoms with Crippen molar-refractivity contribution in [2.24, 2.45) is 0 Å². The van der Waals surface area contributed by atoms with Crippen LogP contribution >= 0.6 is 0 Å². The highest BCUT2D eigenvalue weighted by Crippen LogP contribution is 2.32. The van der Waals surface area contributed by atoms with E-state index in [1.165, 1.54) is 6.33 Å². The first-order valence-electron chi connectivity index (χ1n) is 7.47. The fourth-order valence-electron chi connectivity index (χ4n) is 2.75. The molecule has 112 valence electrons. The first-order chi connectivity index (χ1) is 10.8. The highest BCUT2D eigenvalue weighted by atomic mass is 16.3. The molecular formula is C18H19N3O. The molecule has 3 aromatic rings. The Morgan fingerprint density at radius 2 is 1.77 bits per heavy atom. The molecule has 2 unspecified atom stereocenters. The van der Waals surface area contributed by atoms with Crippen LogP contribution in [0.15, 0.2) is 67.3 Å². The van der Waals surface area contributed by atoms with Crippen molar-refractivity contribution in [3.63, 3.8) is 0 Å². The van der Waals surface area contributed by atoms with Crippen LogP contribution in [0.5, 0.6) is 0 Å². The van der Waals surface area contributed by atoms with Gasteiger partial charge in [0.25, 0.3) is 0 Å². The van der Waals surface area contributed by atoms with Gasteiger partial charge in [-0.05, 0) is 23.1 Å². The van der Waals surface area contributed by atoms with Crippen LogP contribution in [0.1, 0.15) is 24.9 Å². The standard InChI is InChI=1S/C18H19N3O/c1-2-17(22)18(21-13-19-12-20-21)16-11-7-6-10-15(16)14-8-4-3-5-9-14/h3-13,17-18,22H,2H2,1H3. The summed E-state index contributed by atoms with van der Waals surface area (Å²) in [6, 6.07) is 18.1. The van der Waals surface area contributed by atoms with Gasteiger partial charge in [-0.25, -0.2) is 9.67 Å². The largest absolute Gasteiger partial charge is 0.391 e. The minimum Gasteiger partial charge on any atom is -0.391 e. The van der Waals surface area contributed by atoms with Gasteiger partial charge < -0.3 is 5.11 Å². The number of aliphatic hydroxyl groups excluding tert-OH is 1. The molecule has 4 heteroatoms. The predicted octanol–water partition coefficient (Wildman–Crippen LogP) is 3.31. The SMILES string of the molecule is CCC(O)C(c1ccccc1-c1ccccc1)n1cncn1. The van der Waals surface area contributed by atoms with Gasteiger partial charge in [0.05, 0.1) is 6.10 Å². The molecule has 22 heavy (non-hydrogen) atoms. The minimum atomic E-state index is -0.522. The van der Waals surface area contributed by atoms with E-state index >= 15 is 0 Å². The van der Waals surface area contributed by atoms with Crippen molar-refractivity contribution in [3.8, 4) is 11.1 Å². The summed E-state index contributed by atoms with van der Waals surface area (Å²) in [6.07, 6.45) is 3.28. The van der Waals surface area contributed by atoms with Crippen molar-refractivity contribution >= 4 is 0 Å². The zero-order valence-corrected chi connectivity index (χ0v) is 12.5. The van der Waals surface area contributed by atoms with Gasteiger partial charge in [0.2, 0.25) is 0 Å². The van der Waals surface area contributed by atoms with E-state index < -0.39 is 6.10 Å². The minimum absolute atomic E-state index is 0.246. The fourth-order valence-corrected chi connectivity index (χ4v) is 2.75. The van der Waals surface area contributed by atoms with Crippen LogP contribution in [-0.2, 0) is 0 Å². The second-order valence-electron chi connectivity index (χ2n) is 5.25. The maximum atomic E-state index is 10.5. The molecule has 0 saturated heterocycles. The highest BCUT2D eigenvalue weighted by molar-refractivity contribution is 5.68. The fraction of sp³-hybridized carbons (Fsp3) is 0.222. The topological polar surface area (TPSA) is 50.9 Å². The first kappa shape index (κ1) is 14.5. The molecule has 0 fully saturated rings. The number of benzene rings is 2. The van der Waals surface area contributed by atoms with Crippen LogP contribution < -0.4 is 0 Å². The Balaban J connectivity index is 2.13. The maximum Gasteiger partial charge on any atom is 0.137 e. The molecule has 0 aliphatic rings. The average Bonchev–Trinajstić information content (AvgIpc) is 3.10. The lowest BCUT2D eigenvalue weighted by Gasteiger charge is -2.25. The summed E-state index contributed by atoms with van der Waals surface area (Å²) in [5, 5.41) is 14.8. The number of aliphatic hydroxyl groups is 1. The van der Waals surface area contributed by atoms with Gasteiger partial charge in [0.1, 0.15) is 18.7 Å². The number of aromatic nitrogens is 3. The van der Waals surface area contributed by atoms with Crippen molar-refractivity contribution < 1.29 is 5.11 Å². The summed E-state index contributed by atoms with van der Waals surface area (Å²) in [5.74, 6) is 0. The van der Waals surface area contributed by atoms with Crippen molar-refractivity contribution in [2.45, 2.75) is 25.5 Å². The van der Waals surface area contributed by atoms with Gasteiger partial charge in [0.15, 0.2) is 0 Å². The van der Waals surface area contributed by atoms with Crippen molar-refractivity contribution in [2.75, 3.05) is 0 Å². The Hall–Kier alpha value is -2.46. The third-order valence-corrected chi connectivity index (χ3v) is 3.87. The van der Waals surface area contributed by atoms with E-state index in [9.17, 15) is 5.11 Å². The molecule has 1 aromatic heterocycles. The summed E-state index contributed by atoms with van der Waals surface area (Å²) in [5.41, 5.74) is 3.29. The van der Waals surface area contributed by atoms with Crippen LogP contribution in [0.3, 0.4) is 0 Å². The predicted molar refractivity (Wildman–Crippen MR) is 86.3 cm³/mol. The lowest BCUT2D eigenvalue weighted by molar-refractivity contribution is 0.120. The Morgan fingerprint density at radius 3 is 2.45 bits per heavy atom. The first-order valence-corrected chi connectivity index (χ1v) is 7.47. The highest BCUT2D eigenvalue weighted by Gasteiger charge is 2.25. The third kappa shape index (κ3) is 2.78. The van der Waals surface area contributed by atoms with E-state index in [-0.39, 0.29) is 6.04 Å². The van der Waals surface area contributed by atoms with Crippen LogP contribution in [0.4, 0.5) is 0 Å². The molecule has 1 heterocycles. The molecule has 0 aliphatic heterocycles. The van der Waals surface area contributed by atoms with E-state index in [1.54, 1.807) is 11.0 Å². The normalized spacial score (nSPS) is 13.7. The lowest BCUT2D eigenvalue weighted by atomic mass is 9.91. The van der Waals surface area contributed by atoms with E-state index in [0.717, 1.165) is 16.7 Å². The zero-order valence-electron chi connectivity index (χ0n) is 12.5. The molecule has 0 radical (unpaired) electrons. The quantitative estimate of drug-likeness (QED) is 0.785.